The fraction of sp³-hybridized carbons (Fsp3) is 0.304. The van der Waals surface area contributed by atoms with Gasteiger partial charge < -0.3 is 16.4 Å². The van der Waals surface area contributed by atoms with Crippen LogP contribution in [0.25, 0.3) is 0 Å². The quantitative estimate of drug-likeness (QED) is 0.328. The number of nitrogen functional groups attached to an aromatic ring is 1. The van der Waals surface area contributed by atoms with Crippen molar-refractivity contribution in [1.29, 1.82) is 0 Å². The summed E-state index contributed by atoms with van der Waals surface area (Å²) in [5, 5.41) is 6.17. The van der Waals surface area contributed by atoms with Crippen molar-refractivity contribution in [3.63, 3.8) is 0 Å². The van der Waals surface area contributed by atoms with Crippen LogP contribution in [0.4, 0.5) is 25.5 Å². The molecule has 1 aliphatic carbocycles. The van der Waals surface area contributed by atoms with E-state index in [4.69, 9.17) is 5.73 Å². The molecule has 0 radical (unpaired) electrons. The number of rotatable bonds is 8. The Morgan fingerprint density at radius 3 is 2.44 bits per heavy atom. The molecule has 2 heterocycles. The summed E-state index contributed by atoms with van der Waals surface area (Å²) < 4.78 is 28.0. The molecule has 0 saturated heterocycles. The van der Waals surface area contributed by atoms with Gasteiger partial charge in [0.1, 0.15) is 28.1 Å². The second-order valence-corrected chi connectivity index (χ2v) is 9.29. The summed E-state index contributed by atoms with van der Waals surface area (Å²) in [7, 11) is 3.88. The van der Waals surface area contributed by atoms with Crippen LogP contribution in [-0.2, 0) is 0 Å². The van der Waals surface area contributed by atoms with Gasteiger partial charge in [0.15, 0.2) is 5.13 Å². The van der Waals surface area contributed by atoms with Crippen LogP contribution in [0.15, 0.2) is 36.5 Å². The molecule has 0 bridgehead atoms. The molecule has 1 fully saturated rings. The molecular weight excluding hydrogens is 462 g/mol. The Kier molecular flexibility index (Phi) is 6.85. The standard InChI is InChI=1S/C23H24F2N6O2S/c1-31(2)21(12-5-3-6-12)30-22(33)13-9-10-16(27-11-13)28-23-29-20(26)19(34-23)18(32)17-14(24)7-4-8-15(17)25/h4,7-12,21H,3,5-6,26H2,1-2H3,(H,30,33)(H,27,28,29). The number of benzene rings is 1. The molecule has 1 amide bonds. The monoisotopic (exact) mass is 486 g/mol. The lowest BCUT2D eigenvalue weighted by Gasteiger charge is -2.38. The zero-order chi connectivity index (χ0) is 24.4. The van der Waals surface area contributed by atoms with Crippen LogP contribution in [0, 0.1) is 17.6 Å². The van der Waals surface area contributed by atoms with E-state index >= 15 is 0 Å². The maximum atomic E-state index is 14.0. The van der Waals surface area contributed by atoms with Gasteiger partial charge in [0.2, 0.25) is 5.78 Å². The van der Waals surface area contributed by atoms with Gasteiger partial charge in [-0.25, -0.2) is 18.7 Å². The Labute approximate surface area is 199 Å². The largest absolute Gasteiger partial charge is 0.382 e. The number of hydrogen-bond donors (Lipinski definition) is 3. The van der Waals surface area contributed by atoms with Crippen molar-refractivity contribution in [2.24, 2.45) is 5.92 Å². The van der Waals surface area contributed by atoms with E-state index in [2.05, 4.69) is 20.6 Å². The minimum absolute atomic E-state index is 0.0346. The van der Waals surface area contributed by atoms with E-state index in [0.29, 0.717) is 17.3 Å². The molecule has 1 aromatic carbocycles. The van der Waals surface area contributed by atoms with Crippen molar-refractivity contribution in [3.8, 4) is 0 Å². The van der Waals surface area contributed by atoms with Crippen LogP contribution >= 0.6 is 11.3 Å². The minimum atomic E-state index is -0.975. The first-order valence-electron chi connectivity index (χ1n) is 10.7. The maximum absolute atomic E-state index is 14.0. The molecule has 4 rings (SSSR count). The van der Waals surface area contributed by atoms with Crippen molar-refractivity contribution < 1.29 is 18.4 Å². The smallest absolute Gasteiger partial charge is 0.254 e. The minimum Gasteiger partial charge on any atom is -0.382 e. The molecular formula is C23H24F2N6O2S. The van der Waals surface area contributed by atoms with E-state index in [0.717, 1.165) is 36.3 Å². The summed E-state index contributed by atoms with van der Waals surface area (Å²) in [6.45, 7) is 0. The molecule has 0 aliphatic heterocycles. The highest BCUT2D eigenvalue weighted by Crippen LogP contribution is 2.31. The lowest BCUT2D eigenvalue weighted by molar-refractivity contribution is 0.0739. The maximum Gasteiger partial charge on any atom is 0.254 e. The van der Waals surface area contributed by atoms with E-state index in [1.54, 1.807) is 12.1 Å². The van der Waals surface area contributed by atoms with Crippen molar-refractivity contribution in [1.82, 2.24) is 20.2 Å². The number of ketones is 1. The first-order valence-corrected chi connectivity index (χ1v) is 11.5. The van der Waals surface area contributed by atoms with Gasteiger partial charge in [0.05, 0.1) is 17.3 Å². The summed E-state index contributed by atoms with van der Waals surface area (Å²) in [5.74, 6) is -2.40. The number of anilines is 3. The van der Waals surface area contributed by atoms with Crippen molar-refractivity contribution in [2.75, 3.05) is 25.1 Å². The van der Waals surface area contributed by atoms with Crippen molar-refractivity contribution in [3.05, 3.63) is 64.2 Å². The van der Waals surface area contributed by atoms with Crippen LogP contribution in [0.3, 0.4) is 0 Å². The van der Waals surface area contributed by atoms with E-state index in [9.17, 15) is 18.4 Å². The highest BCUT2D eigenvalue weighted by Gasteiger charge is 2.30. The van der Waals surface area contributed by atoms with Crippen molar-refractivity contribution >= 4 is 39.8 Å². The number of nitrogens with one attached hydrogen (secondary N) is 2. The van der Waals surface area contributed by atoms with E-state index < -0.39 is 23.0 Å². The van der Waals surface area contributed by atoms with E-state index in [-0.39, 0.29) is 27.9 Å². The lowest BCUT2D eigenvalue weighted by Crippen LogP contribution is -2.51. The molecule has 2 aromatic heterocycles. The van der Waals surface area contributed by atoms with E-state index in [1.165, 1.54) is 18.7 Å². The normalized spacial score (nSPS) is 14.5. The summed E-state index contributed by atoms with van der Waals surface area (Å²) in [5.41, 5.74) is 5.54. The van der Waals surface area contributed by atoms with Gasteiger partial charge in [0, 0.05) is 6.20 Å². The number of nitrogens with two attached hydrogens (primary N) is 1. The molecule has 3 aromatic rings. The van der Waals surface area contributed by atoms with Crippen LogP contribution in [0.5, 0.6) is 0 Å². The predicted octanol–water partition coefficient (Wildman–Crippen LogP) is 3.79. The fourth-order valence-electron chi connectivity index (χ4n) is 3.73. The summed E-state index contributed by atoms with van der Waals surface area (Å²) in [4.78, 5) is 35.5. The number of carbonyl (C=O) groups is 2. The average molecular weight is 487 g/mol. The third kappa shape index (κ3) is 4.90. The number of hydrogen-bond acceptors (Lipinski definition) is 8. The Morgan fingerprint density at radius 1 is 1.18 bits per heavy atom. The Morgan fingerprint density at radius 2 is 1.88 bits per heavy atom. The predicted molar refractivity (Wildman–Crippen MR) is 126 cm³/mol. The highest BCUT2D eigenvalue weighted by molar-refractivity contribution is 7.18. The first kappa shape index (κ1) is 23.7. The Bertz CT molecular complexity index is 1190. The topological polar surface area (TPSA) is 113 Å². The molecule has 8 nitrogen and oxygen atoms in total. The van der Waals surface area contributed by atoms with Crippen LogP contribution in [0.1, 0.15) is 44.9 Å². The average Bonchev–Trinajstić information content (AvgIpc) is 3.12. The van der Waals surface area contributed by atoms with E-state index in [1.807, 2.05) is 19.0 Å². The zero-order valence-electron chi connectivity index (χ0n) is 18.6. The van der Waals surface area contributed by atoms with Gasteiger partial charge in [-0.05, 0) is 57.1 Å². The third-order valence-electron chi connectivity index (χ3n) is 5.74. The highest BCUT2D eigenvalue weighted by atomic mass is 32.1. The second kappa shape index (κ2) is 9.82. The van der Waals surface area contributed by atoms with Gasteiger partial charge in [-0.3, -0.25) is 14.5 Å². The van der Waals surface area contributed by atoms with Crippen molar-refractivity contribution in [2.45, 2.75) is 25.4 Å². The molecule has 11 heteroatoms. The Balaban J connectivity index is 1.45. The number of nitrogens with zero attached hydrogens (tertiary/aromatic N) is 3. The lowest BCUT2D eigenvalue weighted by atomic mass is 9.82. The molecule has 0 spiro atoms. The molecule has 1 saturated carbocycles. The third-order valence-corrected chi connectivity index (χ3v) is 6.73. The van der Waals surface area contributed by atoms with Crippen LogP contribution < -0.4 is 16.4 Å². The summed E-state index contributed by atoms with van der Waals surface area (Å²) in [6.07, 6.45) is 4.76. The molecule has 1 unspecified atom stereocenters. The van der Waals surface area contributed by atoms with Gasteiger partial charge >= 0.3 is 0 Å². The molecule has 1 atom stereocenters. The summed E-state index contributed by atoms with van der Waals surface area (Å²) in [6, 6.07) is 6.39. The first-order chi connectivity index (χ1) is 16.2. The SMILES string of the molecule is CN(C)C(NC(=O)c1ccc(Nc2nc(N)c(C(=O)c3c(F)cccc3F)s2)nc1)C1CCC1. The van der Waals surface area contributed by atoms with Gasteiger partial charge in [-0.15, -0.1) is 0 Å². The molecule has 178 valence electrons. The molecule has 1 aliphatic rings. The molecule has 34 heavy (non-hydrogen) atoms. The number of carbonyl (C=O) groups excluding carboxylic acids is 2. The van der Waals surface area contributed by atoms with Crippen LogP contribution in [-0.4, -0.2) is 46.8 Å². The van der Waals surface area contributed by atoms with Crippen LogP contribution in [0.2, 0.25) is 0 Å². The Hall–Kier alpha value is -3.44. The van der Waals surface area contributed by atoms with Gasteiger partial charge in [-0.1, -0.05) is 23.8 Å². The van der Waals surface area contributed by atoms with Gasteiger partial charge in [0.25, 0.3) is 5.91 Å². The molecule has 4 N–H and O–H groups in total. The fourth-order valence-corrected chi connectivity index (χ4v) is 4.57. The number of thiazole rings is 1. The zero-order valence-corrected chi connectivity index (χ0v) is 19.5. The number of amides is 1. The second-order valence-electron chi connectivity index (χ2n) is 8.29. The van der Waals surface area contributed by atoms with Gasteiger partial charge in [-0.2, -0.15) is 0 Å². The number of aromatic nitrogens is 2. The number of halogens is 2. The number of pyridine rings is 1. The summed E-state index contributed by atoms with van der Waals surface area (Å²) >= 11 is 0.854.